The molecule has 4 rings (SSSR count). The third kappa shape index (κ3) is 3.83. The predicted molar refractivity (Wildman–Crippen MR) is 104 cm³/mol. The number of halogens is 1. The highest BCUT2D eigenvalue weighted by Crippen LogP contribution is 2.49. The van der Waals surface area contributed by atoms with Crippen molar-refractivity contribution in [3.63, 3.8) is 0 Å². The Hall–Kier alpha value is -1.47. The molecule has 4 atom stereocenters. The molecule has 2 aliphatic carbocycles. The third-order valence-electron chi connectivity index (χ3n) is 7.08. The second kappa shape index (κ2) is 7.75. The van der Waals surface area contributed by atoms with Gasteiger partial charge in [0.1, 0.15) is 5.82 Å². The van der Waals surface area contributed by atoms with Gasteiger partial charge in [-0.05, 0) is 81.0 Å². The van der Waals surface area contributed by atoms with Gasteiger partial charge in [-0.2, -0.15) is 4.31 Å². The lowest BCUT2D eigenvalue weighted by atomic mass is 9.83. The summed E-state index contributed by atoms with van der Waals surface area (Å²) in [6, 6.07) is 5.10. The van der Waals surface area contributed by atoms with Crippen LogP contribution in [0.4, 0.5) is 4.39 Å². The highest BCUT2D eigenvalue weighted by atomic mass is 32.2. The van der Waals surface area contributed by atoms with E-state index in [0.717, 1.165) is 24.0 Å². The van der Waals surface area contributed by atoms with E-state index in [1.165, 1.54) is 42.1 Å². The van der Waals surface area contributed by atoms with Gasteiger partial charge in [-0.1, -0.05) is 6.42 Å². The number of rotatable bonds is 5. The zero-order chi connectivity index (χ0) is 19.9. The van der Waals surface area contributed by atoms with Crippen LogP contribution in [0.5, 0.6) is 0 Å². The minimum atomic E-state index is -3.63. The summed E-state index contributed by atoms with van der Waals surface area (Å²) >= 11 is 0. The van der Waals surface area contributed by atoms with Crippen molar-refractivity contribution < 1.29 is 17.6 Å². The van der Waals surface area contributed by atoms with Gasteiger partial charge in [-0.25, -0.2) is 12.8 Å². The van der Waals surface area contributed by atoms with Crippen LogP contribution in [0, 0.1) is 29.5 Å². The van der Waals surface area contributed by atoms with E-state index in [2.05, 4.69) is 12.2 Å². The quantitative estimate of drug-likeness (QED) is 0.814. The summed E-state index contributed by atoms with van der Waals surface area (Å²) in [7, 11) is -3.63. The molecule has 28 heavy (non-hydrogen) atoms. The lowest BCUT2D eigenvalue weighted by Gasteiger charge is -2.33. The molecule has 0 spiro atoms. The second-order valence-corrected chi connectivity index (χ2v) is 10.7. The summed E-state index contributed by atoms with van der Waals surface area (Å²) in [6.45, 7) is 2.76. The SMILES string of the molecule is CC(NC(=O)C1CCN(S(=O)(=O)c2ccc(F)cc2)CC1)C1CC2CCC1C2. The standard InChI is InChI=1S/C21H29FN2O3S/c1-14(20-13-15-2-3-17(20)12-15)23-21(25)16-8-10-24(11-9-16)28(26,27)19-6-4-18(22)5-7-19/h4-7,14-17,20H,2-3,8-13H2,1H3,(H,23,25). The van der Waals surface area contributed by atoms with Gasteiger partial charge in [0.25, 0.3) is 0 Å². The van der Waals surface area contributed by atoms with Gasteiger partial charge < -0.3 is 5.32 Å². The lowest BCUT2D eigenvalue weighted by molar-refractivity contribution is -0.127. The molecular formula is C21H29FN2O3S. The van der Waals surface area contributed by atoms with E-state index < -0.39 is 15.8 Å². The van der Waals surface area contributed by atoms with Crippen LogP contribution in [0.15, 0.2) is 29.2 Å². The molecule has 154 valence electrons. The summed E-state index contributed by atoms with van der Waals surface area (Å²) in [6.07, 6.45) is 6.26. The monoisotopic (exact) mass is 408 g/mol. The fourth-order valence-corrected chi connectivity index (χ4v) is 6.94. The maximum atomic E-state index is 13.1. The normalized spacial score (nSPS) is 29.7. The van der Waals surface area contributed by atoms with Crippen molar-refractivity contribution in [1.29, 1.82) is 0 Å². The summed E-state index contributed by atoms with van der Waals surface area (Å²) in [5.74, 6) is 1.69. The van der Waals surface area contributed by atoms with Crippen LogP contribution in [-0.2, 0) is 14.8 Å². The number of benzene rings is 1. The number of piperidine rings is 1. The summed E-state index contributed by atoms with van der Waals surface area (Å²) in [5.41, 5.74) is 0. The number of amides is 1. The van der Waals surface area contributed by atoms with E-state index in [9.17, 15) is 17.6 Å². The van der Waals surface area contributed by atoms with Gasteiger partial charge in [0.05, 0.1) is 4.90 Å². The Kier molecular flexibility index (Phi) is 5.49. The molecule has 1 heterocycles. The zero-order valence-electron chi connectivity index (χ0n) is 16.3. The van der Waals surface area contributed by atoms with Crippen molar-refractivity contribution in [2.24, 2.45) is 23.7 Å². The summed E-state index contributed by atoms with van der Waals surface area (Å²) < 4.78 is 39.9. The molecule has 5 nitrogen and oxygen atoms in total. The van der Waals surface area contributed by atoms with Crippen LogP contribution in [0.25, 0.3) is 0 Å². The van der Waals surface area contributed by atoms with Gasteiger partial charge in [0.2, 0.25) is 15.9 Å². The largest absolute Gasteiger partial charge is 0.353 e. The molecule has 1 aromatic carbocycles. The average molecular weight is 409 g/mol. The molecule has 1 aliphatic heterocycles. The number of hydrogen-bond donors (Lipinski definition) is 1. The number of carbonyl (C=O) groups excluding carboxylic acids is 1. The zero-order valence-corrected chi connectivity index (χ0v) is 17.1. The molecule has 0 radical (unpaired) electrons. The van der Waals surface area contributed by atoms with Gasteiger partial charge in [-0.15, -0.1) is 0 Å². The average Bonchev–Trinajstić information content (AvgIpc) is 3.32. The Labute approximate surface area is 166 Å². The molecule has 4 unspecified atom stereocenters. The van der Waals surface area contributed by atoms with E-state index >= 15 is 0 Å². The minimum absolute atomic E-state index is 0.0640. The number of fused-ring (bicyclic) bond motifs is 2. The molecule has 2 bridgehead atoms. The van der Waals surface area contributed by atoms with Gasteiger partial charge in [0.15, 0.2) is 0 Å². The number of sulfonamides is 1. The van der Waals surface area contributed by atoms with Crippen molar-refractivity contribution in [2.45, 2.75) is 56.4 Å². The molecule has 7 heteroatoms. The predicted octanol–water partition coefficient (Wildman–Crippen LogP) is 3.17. The van der Waals surface area contributed by atoms with E-state index in [0.29, 0.717) is 31.8 Å². The molecular weight excluding hydrogens is 379 g/mol. The van der Waals surface area contributed by atoms with E-state index in [1.807, 2.05) is 0 Å². The number of hydrogen-bond acceptors (Lipinski definition) is 3. The van der Waals surface area contributed by atoms with Gasteiger partial charge >= 0.3 is 0 Å². The second-order valence-electron chi connectivity index (χ2n) is 8.77. The number of nitrogens with one attached hydrogen (secondary N) is 1. The Morgan fingerprint density at radius 2 is 1.79 bits per heavy atom. The maximum Gasteiger partial charge on any atom is 0.243 e. The van der Waals surface area contributed by atoms with Crippen LogP contribution in [-0.4, -0.2) is 37.8 Å². The van der Waals surface area contributed by atoms with Crippen LogP contribution < -0.4 is 5.32 Å². The van der Waals surface area contributed by atoms with E-state index in [4.69, 9.17) is 0 Å². The number of nitrogens with zero attached hydrogens (tertiary/aromatic N) is 1. The molecule has 2 saturated carbocycles. The molecule has 1 saturated heterocycles. The highest BCUT2D eigenvalue weighted by molar-refractivity contribution is 7.89. The Balaban J connectivity index is 1.31. The third-order valence-corrected chi connectivity index (χ3v) is 8.99. The van der Waals surface area contributed by atoms with Gasteiger partial charge in [-0.3, -0.25) is 4.79 Å². The van der Waals surface area contributed by atoms with Crippen molar-refractivity contribution in [1.82, 2.24) is 9.62 Å². The maximum absolute atomic E-state index is 13.1. The molecule has 1 amide bonds. The fraction of sp³-hybridized carbons (Fsp3) is 0.667. The van der Waals surface area contributed by atoms with Crippen molar-refractivity contribution >= 4 is 15.9 Å². The van der Waals surface area contributed by atoms with Crippen LogP contribution in [0.1, 0.15) is 45.4 Å². The molecule has 1 aromatic rings. The molecule has 0 aromatic heterocycles. The van der Waals surface area contributed by atoms with E-state index in [-0.39, 0.29) is 22.8 Å². The van der Waals surface area contributed by atoms with Crippen molar-refractivity contribution in [3.05, 3.63) is 30.1 Å². The Bertz CT molecular complexity index is 819. The number of carbonyl (C=O) groups is 1. The Morgan fingerprint density at radius 3 is 2.36 bits per heavy atom. The van der Waals surface area contributed by atoms with Crippen molar-refractivity contribution in [3.8, 4) is 0 Å². The lowest BCUT2D eigenvalue weighted by Crippen LogP contribution is -2.47. The minimum Gasteiger partial charge on any atom is -0.353 e. The topological polar surface area (TPSA) is 66.5 Å². The first kappa shape index (κ1) is 19.8. The Morgan fingerprint density at radius 1 is 1.11 bits per heavy atom. The van der Waals surface area contributed by atoms with Crippen molar-refractivity contribution in [2.75, 3.05) is 13.1 Å². The van der Waals surface area contributed by atoms with Crippen LogP contribution >= 0.6 is 0 Å². The molecule has 3 fully saturated rings. The molecule has 1 N–H and O–H groups in total. The van der Waals surface area contributed by atoms with Crippen LogP contribution in [0.3, 0.4) is 0 Å². The molecule has 3 aliphatic rings. The summed E-state index contributed by atoms with van der Waals surface area (Å²) in [5, 5.41) is 3.22. The van der Waals surface area contributed by atoms with Crippen LogP contribution in [0.2, 0.25) is 0 Å². The highest BCUT2D eigenvalue weighted by Gasteiger charge is 2.42. The van der Waals surface area contributed by atoms with Gasteiger partial charge in [0, 0.05) is 25.0 Å². The first-order valence-corrected chi connectivity index (χ1v) is 11.8. The first-order chi connectivity index (χ1) is 13.3. The smallest absolute Gasteiger partial charge is 0.243 e. The fourth-order valence-electron chi connectivity index (χ4n) is 5.47. The first-order valence-electron chi connectivity index (χ1n) is 10.4. The van der Waals surface area contributed by atoms with E-state index in [1.54, 1.807) is 0 Å². The summed E-state index contributed by atoms with van der Waals surface area (Å²) in [4.78, 5) is 12.8.